The van der Waals surface area contributed by atoms with Gasteiger partial charge in [0, 0.05) is 16.8 Å². The van der Waals surface area contributed by atoms with Crippen LogP contribution in [0, 0.1) is 0 Å². The fourth-order valence-electron chi connectivity index (χ4n) is 2.59. The number of pyridine rings is 1. The molecule has 0 aliphatic heterocycles. The van der Waals surface area contributed by atoms with Gasteiger partial charge in [0.15, 0.2) is 11.4 Å². The molecule has 0 atom stereocenters. The van der Waals surface area contributed by atoms with Crippen molar-refractivity contribution in [1.82, 2.24) is 4.98 Å². The van der Waals surface area contributed by atoms with Crippen molar-refractivity contribution in [2.75, 3.05) is 13.7 Å². The first-order chi connectivity index (χ1) is 13.1. The van der Waals surface area contributed by atoms with Crippen LogP contribution in [-0.4, -0.2) is 29.8 Å². The molecule has 0 radical (unpaired) electrons. The Morgan fingerprint density at radius 3 is 2.56 bits per heavy atom. The Bertz CT molecular complexity index is 954. The van der Waals surface area contributed by atoms with Gasteiger partial charge in [-0.25, -0.2) is 9.78 Å². The van der Waals surface area contributed by atoms with E-state index in [4.69, 9.17) is 14.2 Å². The van der Waals surface area contributed by atoms with Gasteiger partial charge in [-0.2, -0.15) is 0 Å². The predicted octanol–water partition coefficient (Wildman–Crippen LogP) is 4.70. The van der Waals surface area contributed by atoms with Crippen LogP contribution < -0.4 is 9.47 Å². The zero-order chi connectivity index (χ0) is 19.2. The molecule has 1 N–H and O–H groups in total. The first-order valence-corrected chi connectivity index (χ1v) is 8.74. The van der Waals surface area contributed by atoms with Crippen LogP contribution in [-0.2, 0) is 4.74 Å². The smallest absolute Gasteiger partial charge is 0.360 e. The molecule has 3 rings (SSSR count). The van der Waals surface area contributed by atoms with Crippen LogP contribution in [0.25, 0.3) is 10.8 Å². The van der Waals surface area contributed by atoms with Crippen molar-refractivity contribution >= 4 is 16.7 Å². The van der Waals surface area contributed by atoms with Crippen LogP contribution in [0.3, 0.4) is 0 Å². The molecule has 0 amide bonds. The molecule has 0 fully saturated rings. The van der Waals surface area contributed by atoms with Gasteiger partial charge in [0.1, 0.15) is 11.5 Å². The van der Waals surface area contributed by atoms with Gasteiger partial charge in [-0.1, -0.05) is 37.6 Å². The lowest BCUT2D eigenvalue weighted by Crippen LogP contribution is -2.10. The highest BCUT2D eigenvalue weighted by molar-refractivity contribution is 6.01. The van der Waals surface area contributed by atoms with E-state index in [1.165, 1.54) is 0 Å². The van der Waals surface area contributed by atoms with Crippen molar-refractivity contribution in [1.29, 1.82) is 0 Å². The summed E-state index contributed by atoms with van der Waals surface area (Å²) < 4.78 is 16.3. The molecule has 0 bridgehead atoms. The van der Waals surface area contributed by atoms with Gasteiger partial charge in [-0.15, -0.1) is 0 Å². The fraction of sp³-hybridized carbons (Fsp3) is 0.238. The summed E-state index contributed by atoms with van der Waals surface area (Å²) in [6, 6.07) is 14.1. The van der Waals surface area contributed by atoms with Crippen LogP contribution in [0.15, 0.2) is 48.5 Å². The number of fused-ring (bicyclic) bond motifs is 1. The summed E-state index contributed by atoms with van der Waals surface area (Å²) in [5.74, 6) is 0.448. The van der Waals surface area contributed by atoms with Crippen molar-refractivity contribution in [2.24, 2.45) is 0 Å². The summed E-state index contributed by atoms with van der Waals surface area (Å²) in [6.07, 6.45) is 1.64. The van der Waals surface area contributed by atoms with Crippen molar-refractivity contribution < 1.29 is 24.1 Å². The van der Waals surface area contributed by atoms with Crippen LogP contribution in [0.4, 0.5) is 0 Å². The Balaban J connectivity index is 2.02. The maximum atomic E-state index is 12.4. The van der Waals surface area contributed by atoms with Gasteiger partial charge < -0.3 is 19.3 Å². The minimum absolute atomic E-state index is 0.164. The molecule has 6 nitrogen and oxygen atoms in total. The summed E-state index contributed by atoms with van der Waals surface area (Å²) in [5, 5.41) is 11.6. The van der Waals surface area contributed by atoms with E-state index in [0.717, 1.165) is 12.8 Å². The molecule has 0 aliphatic rings. The van der Waals surface area contributed by atoms with Gasteiger partial charge in [-0.05, 0) is 24.6 Å². The monoisotopic (exact) mass is 367 g/mol. The molecule has 2 aromatic carbocycles. The molecular weight excluding hydrogens is 346 g/mol. The van der Waals surface area contributed by atoms with Gasteiger partial charge in [0.2, 0.25) is 5.88 Å². The van der Waals surface area contributed by atoms with Gasteiger partial charge in [-0.3, -0.25) is 0 Å². The van der Waals surface area contributed by atoms with E-state index in [0.29, 0.717) is 22.3 Å². The summed E-state index contributed by atoms with van der Waals surface area (Å²) in [6.45, 7) is 2.27. The molecule has 0 spiro atoms. The number of methoxy groups -OCH3 is 1. The number of carbonyl (C=O) groups excluding carboxylic acids is 1. The number of carbonyl (C=O) groups is 1. The summed E-state index contributed by atoms with van der Waals surface area (Å²) in [4.78, 5) is 16.6. The number of rotatable bonds is 7. The Morgan fingerprint density at radius 2 is 1.81 bits per heavy atom. The maximum Gasteiger partial charge on any atom is 0.360 e. The van der Waals surface area contributed by atoms with Gasteiger partial charge >= 0.3 is 5.97 Å². The molecular formula is C21H21NO5. The third-order valence-corrected chi connectivity index (χ3v) is 4.03. The second kappa shape index (κ2) is 8.40. The number of ether oxygens (including phenoxy) is 3. The molecule has 140 valence electrons. The third kappa shape index (κ3) is 4.11. The third-order valence-electron chi connectivity index (χ3n) is 4.03. The molecule has 0 unspecified atom stereocenters. The minimum atomic E-state index is -0.679. The molecule has 1 aromatic heterocycles. The zero-order valence-corrected chi connectivity index (χ0v) is 15.3. The summed E-state index contributed by atoms with van der Waals surface area (Å²) >= 11 is 0. The average Bonchev–Trinajstić information content (AvgIpc) is 2.70. The van der Waals surface area contributed by atoms with Crippen molar-refractivity contribution in [3.63, 3.8) is 0 Å². The first-order valence-electron chi connectivity index (χ1n) is 8.74. The Labute approximate surface area is 157 Å². The topological polar surface area (TPSA) is 77.9 Å². The minimum Gasteiger partial charge on any atom is -0.505 e. The average molecular weight is 367 g/mol. The molecule has 0 saturated heterocycles. The second-order valence-electron chi connectivity index (χ2n) is 5.93. The number of aromatic hydroxyl groups is 1. The van der Waals surface area contributed by atoms with Crippen molar-refractivity contribution in [2.45, 2.75) is 19.8 Å². The largest absolute Gasteiger partial charge is 0.505 e. The number of hydrogen-bond acceptors (Lipinski definition) is 6. The van der Waals surface area contributed by atoms with E-state index >= 15 is 0 Å². The van der Waals surface area contributed by atoms with E-state index in [1.54, 1.807) is 55.6 Å². The highest BCUT2D eigenvalue weighted by atomic mass is 16.5. The quantitative estimate of drug-likeness (QED) is 0.482. The highest BCUT2D eigenvalue weighted by Crippen LogP contribution is 2.36. The normalized spacial score (nSPS) is 10.6. The number of hydrogen-bond donors (Lipinski definition) is 1. The Hall–Kier alpha value is -3.28. The first kappa shape index (κ1) is 18.5. The van der Waals surface area contributed by atoms with E-state index in [1.807, 2.05) is 6.92 Å². The lowest BCUT2D eigenvalue weighted by atomic mass is 10.1. The van der Waals surface area contributed by atoms with E-state index in [2.05, 4.69) is 4.98 Å². The number of benzene rings is 2. The van der Waals surface area contributed by atoms with E-state index in [9.17, 15) is 9.90 Å². The van der Waals surface area contributed by atoms with Gasteiger partial charge in [0.05, 0.1) is 13.7 Å². The summed E-state index contributed by atoms with van der Waals surface area (Å²) in [7, 11) is 1.57. The molecule has 0 aliphatic carbocycles. The standard InChI is InChI=1S/C21H21NO5/c1-3-4-12-26-21(24)18-19(23)16-10-5-6-11-17(16)20(22-18)27-15-9-7-8-14(13-15)25-2/h5-11,13,23H,3-4,12H2,1-2H3. The lowest BCUT2D eigenvalue weighted by molar-refractivity contribution is 0.0488. The maximum absolute atomic E-state index is 12.4. The fourth-order valence-corrected chi connectivity index (χ4v) is 2.59. The predicted molar refractivity (Wildman–Crippen MR) is 102 cm³/mol. The zero-order valence-electron chi connectivity index (χ0n) is 15.3. The van der Waals surface area contributed by atoms with Crippen LogP contribution >= 0.6 is 0 Å². The molecule has 3 aromatic rings. The molecule has 0 saturated carbocycles. The Kier molecular flexibility index (Phi) is 5.76. The summed E-state index contributed by atoms with van der Waals surface area (Å²) in [5.41, 5.74) is -0.164. The number of aromatic nitrogens is 1. The van der Waals surface area contributed by atoms with Crippen LogP contribution in [0.1, 0.15) is 30.3 Å². The van der Waals surface area contributed by atoms with Gasteiger partial charge in [0.25, 0.3) is 0 Å². The Morgan fingerprint density at radius 1 is 1.07 bits per heavy atom. The number of nitrogens with zero attached hydrogens (tertiary/aromatic N) is 1. The van der Waals surface area contributed by atoms with Crippen LogP contribution in [0.2, 0.25) is 0 Å². The van der Waals surface area contributed by atoms with Crippen molar-refractivity contribution in [3.05, 3.63) is 54.2 Å². The van der Waals surface area contributed by atoms with E-state index < -0.39 is 5.97 Å². The molecule has 1 heterocycles. The second-order valence-corrected chi connectivity index (χ2v) is 5.93. The lowest BCUT2D eigenvalue weighted by Gasteiger charge is -2.13. The highest BCUT2D eigenvalue weighted by Gasteiger charge is 2.21. The number of unbranched alkanes of at least 4 members (excludes halogenated alkanes) is 1. The van der Waals surface area contributed by atoms with Crippen molar-refractivity contribution in [3.8, 4) is 23.1 Å². The number of esters is 1. The van der Waals surface area contributed by atoms with Crippen LogP contribution in [0.5, 0.6) is 23.1 Å². The molecule has 6 heteroatoms. The van der Waals surface area contributed by atoms with E-state index in [-0.39, 0.29) is 23.9 Å². The molecule has 27 heavy (non-hydrogen) atoms. The SMILES string of the molecule is CCCCOC(=O)c1nc(Oc2cccc(OC)c2)c2ccccc2c1O.